The van der Waals surface area contributed by atoms with Crippen LogP contribution in [-0.4, -0.2) is 60.6 Å². The molecule has 0 N–H and O–H groups in total. The fraction of sp³-hybridized carbons (Fsp3) is 0.650. The van der Waals surface area contributed by atoms with Crippen LogP contribution in [0.5, 0.6) is 0 Å². The number of carbonyl (C=O) groups is 1. The van der Waals surface area contributed by atoms with Crippen molar-refractivity contribution in [2.45, 2.75) is 45.8 Å². The molecule has 3 rings (SSSR count). The molecular weight excluding hydrogens is 319 g/mol. The predicted molar refractivity (Wildman–Crippen MR) is 96.2 cm³/mol. The Morgan fingerprint density at radius 1 is 1.20 bits per heavy atom. The van der Waals surface area contributed by atoms with Gasteiger partial charge in [0, 0.05) is 38.3 Å². The van der Waals surface area contributed by atoms with Crippen LogP contribution in [0.25, 0.3) is 0 Å². The van der Waals surface area contributed by atoms with Crippen molar-refractivity contribution in [1.82, 2.24) is 9.80 Å². The highest BCUT2D eigenvalue weighted by atomic mass is 19.1. The van der Waals surface area contributed by atoms with Gasteiger partial charge in [-0.15, -0.1) is 0 Å². The number of nitrogens with zero attached hydrogens (tertiary/aromatic N) is 2. The Morgan fingerprint density at radius 2 is 1.84 bits per heavy atom. The summed E-state index contributed by atoms with van der Waals surface area (Å²) in [5, 5.41) is 0. The third-order valence-electron chi connectivity index (χ3n) is 5.33. The molecule has 25 heavy (non-hydrogen) atoms. The van der Waals surface area contributed by atoms with Gasteiger partial charge in [-0.05, 0) is 57.2 Å². The Labute approximate surface area is 149 Å². The summed E-state index contributed by atoms with van der Waals surface area (Å²) in [6, 6.07) is 4.76. The monoisotopic (exact) mass is 348 g/mol. The van der Waals surface area contributed by atoms with Crippen molar-refractivity contribution < 1.29 is 13.9 Å². The molecule has 0 saturated carbocycles. The summed E-state index contributed by atoms with van der Waals surface area (Å²) in [4.78, 5) is 16.9. The second-order valence-corrected chi connectivity index (χ2v) is 7.68. The number of amides is 1. The molecule has 2 fully saturated rings. The summed E-state index contributed by atoms with van der Waals surface area (Å²) in [7, 11) is 0. The Morgan fingerprint density at radius 3 is 2.44 bits per heavy atom. The molecule has 138 valence electrons. The average Bonchev–Trinajstić information content (AvgIpc) is 2.56. The molecule has 0 unspecified atom stereocenters. The zero-order valence-corrected chi connectivity index (χ0v) is 15.5. The van der Waals surface area contributed by atoms with Crippen molar-refractivity contribution in [3.8, 4) is 0 Å². The number of hydrogen-bond donors (Lipinski definition) is 0. The first-order valence-electron chi connectivity index (χ1n) is 9.35. The summed E-state index contributed by atoms with van der Waals surface area (Å²) in [5.41, 5.74) is 1.03. The third kappa shape index (κ3) is 4.59. The van der Waals surface area contributed by atoms with Gasteiger partial charge in [0.2, 0.25) is 0 Å². The van der Waals surface area contributed by atoms with E-state index >= 15 is 0 Å². The lowest BCUT2D eigenvalue weighted by atomic mass is 9.95. The van der Waals surface area contributed by atoms with Gasteiger partial charge in [-0.3, -0.25) is 9.69 Å². The van der Waals surface area contributed by atoms with E-state index in [9.17, 15) is 9.18 Å². The summed E-state index contributed by atoms with van der Waals surface area (Å²) < 4.78 is 19.5. The maximum absolute atomic E-state index is 13.7. The van der Waals surface area contributed by atoms with Crippen LogP contribution < -0.4 is 0 Å². The van der Waals surface area contributed by atoms with E-state index in [1.165, 1.54) is 6.07 Å². The van der Waals surface area contributed by atoms with Gasteiger partial charge in [0.1, 0.15) is 5.82 Å². The summed E-state index contributed by atoms with van der Waals surface area (Å²) in [6.45, 7) is 10.6. The number of aryl methyl sites for hydroxylation is 1. The number of carbonyl (C=O) groups excluding carboxylic acids is 1. The molecular formula is C20H29FN2O2. The Bertz CT molecular complexity index is 604. The lowest BCUT2D eigenvalue weighted by Crippen LogP contribution is -2.48. The van der Waals surface area contributed by atoms with Gasteiger partial charge in [0.25, 0.3) is 5.91 Å². The molecule has 0 spiro atoms. The molecule has 1 aromatic rings. The van der Waals surface area contributed by atoms with Gasteiger partial charge in [0.05, 0.1) is 12.2 Å². The number of hydrogen-bond acceptors (Lipinski definition) is 3. The van der Waals surface area contributed by atoms with Crippen molar-refractivity contribution in [2.24, 2.45) is 5.92 Å². The molecule has 1 aromatic carbocycles. The zero-order valence-electron chi connectivity index (χ0n) is 15.5. The Hall–Kier alpha value is -1.46. The molecule has 2 aliphatic rings. The molecule has 2 saturated heterocycles. The standard InChI is InChI=1S/C20H29FN2O2/c1-14-4-5-18(10-19(14)21)20(24)23-8-6-17(7-9-23)13-22-11-15(2)25-16(3)12-22/h4-5,10,15-17H,6-9,11-13H2,1-3H3/t15-,16-/m0/s1. The smallest absolute Gasteiger partial charge is 0.253 e. The first kappa shape index (κ1) is 18.3. The number of likely N-dealkylation sites (tertiary alicyclic amines) is 1. The van der Waals surface area contributed by atoms with E-state index in [-0.39, 0.29) is 11.7 Å². The molecule has 0 aromatic heterocycles. The first-order chi connectivity index (χ1) is 11.9. The number of rotatable bonds is 3. The number of benzene rings is 1. The predicted octanol–water partition coefficient (Wildman–Crippen LogP) is 3.10. The normalized spacial score (nSPS) is 26.0. The summed E-state index contributed by atoms with van der Waals surface area (Å²) in [5.74, 6) is 0.263. The fourth-order valence-electron chi connectivity index (χ4n) is 4.03. The van der Waals surface area contributed by atoms with Crippen LogP contribution in [0.1, 0.15) is 42.6 Å². The molecule has 2 aliphatic heterocycles. The van der Waals surface area contributed by atoms with Crippen LogP contribution in [0.15, 0.2) is 18.2 Å². The van der Waals surface area contributed by atoms with Crippen LogP contribution >= 0.6 is 0 Å². The van der Waals surface area contributed by atoms with E-state index in [1.807, 2.05) is 4.90 Å². The van der Waals surface area contributed by atoms with Crippen molar-refractivity contribution in [2.75, 3.05) is 32.7 Å². The van der Waals surface area contributed by atoms with Gasteiger partial charge in [-0.2, -0.15) is 0 Å². The highest BCUT2D eigenvalue weighted by molar-refractivity contribution is 5.94. The molecule has 1 amide bonds. The lowest BCUT2D eigenvalue weighted by Gasteiger charge is -2.39. The van der Waals surface area contributed by atoms with Crippen LogP contribution in [0, 0.1) is 18.7 Å². The van der Waals surface area contributed by atoms with Crippen molar-refractivity contribution in [3.05, 3.63) is 35.1 Å². The van der Waals surface area contributed by atoms with Crippen molar-refractivity contribution >= 4 is 5.91 Å². The topological polar surface area (TPSA) is 32.8 Å². The molecule has 4 nitrogen and oxygen atoms in total. The van der Waals surface area contributed by atoms with Crippen LogP contribution in [0.4, 0.5) is 4.39 Å². The Balaban J connectivity index is 1.51. The highest BCUT2D eigenvalue weighted by Gasteiger charge is 2.28. The van der Waals surface area contributed by atoms with E-state index in [4.69, 9.17) is 4.74 Å². The molecule has 0 radical (unpaired) electrons. The summed E-state index contributed by atoms with van der Waals surface area (Å²) in [6.07, 6.45) is 2.61. The average molecular weight is 348 g/mol. The number of morpholine rings is 1. The zero-order chi connectivity index (χ0) is 18.0. The van der Waals surface area contributed by atoms with E-state index < -0.39 is 0 Å². The van der Waals surface area contributed by atoms with E-state index in [1.54, 1.807) is 19.1 Å². The quantitative estimate of drug-likeness (QED) is 0.841. The van der Waals surface area contributed by atoms with Gasteiger partial charge in [-0.25, -0.2) is 4.39 Å². The lowest BCUT2D eigenvalue weighted by molar-refractivity contribution is -0.0728. The maximum Gasteiger partial charge on any atom is 0.253 e. The van der Waals surface area contributed by atoms with Crippen molar-refractivity contribution in [3.63, 3.8) is 0 Å². The van der Waals surface area contributed by atoms with Crippen LogP contribution in [0.3, 0.4) is 0 Å². The van der Waals surface area contributed by atoms with Crippen LogP contribution in [-0.2, 0) is 4.74 Å². The van der Waals surface area contributed by atoms with E-state index in [0.29, 0.717) is 29.3 Å². The van der Waals surface area contributed by atoms with Gasteiger partial charge >= 0.3 is 0 Å². The minimum absolute atomic E-state index is 0.0500. The largest absolute Gasteiger partial charge is 0.373 e. The highest BCUT2D eigenvalue weighted by Crippen LogP contribution is 2.22. The number of piperidine rings is 1. The molecule has 0 aliphatic carbocycles. The first-order valence-corrected chi connectivity index (χ1v) is 9.35. The fourth-order valence-corrected chi connectivity index (χ4v) is 4.03. The second-order valence-electron chi connectivity index (χ2n) is 7.68. The number of ether oxygens (including phenoxy) is 1. The van der Waals surface area contributed by atoms with Crippen LogP contribution in [0.2, 0.25) is 0 Å². The Kier molecular flexibility index (Phi) is 5.74. The minimum Gasteiger partial charge on any atom is -0.373 e. The molecule has 2 atom stereocenters. The summed E-state index contributed by atoms with van der Waals surface area (Å²) >= 11 is 0. The maximum atomic E-state index is 13.7. The molecule has 0 bridgehead atoms. The third-order valence-corrected chi connectivity index (χ3v) is 5.33. The number of halogens is 1. The van der Waals surface area contributed by atoms with Gasteiger partial charge in [-0.1, -0.05) is 6.07 Å². The van der Waals surface area contributed by atoms with E-state index in [0.717, 1.165) is 45.6 Å². The van der Waals surface area contributed by atoms with E-state index in [2.05, 4.69) is 18.7 Å². The van der Waals surface area contributed by atoms with Gasteiger partial charge < -0.3 is 9.64 Å². The minimum atomic E-state index is -0.309. The van der Waals surface area contributed by atoms with Gasteiger partial charge in [0.15, 0.2) is 0 Å². The SMILES string of the molecule is Cc1ccc(C(=O)N2CCC(CN3C[C@H](C)O[C@@H](C)C3)CC2)cc1F. The molecule has 5 heteroatoms. The second kappa shape index (κ2) is 7.83. The van der Waals surface area contributed by atoms with Crippen molar-refractivity contribution in [1.29, 1.82) is 0 Å². The molecule has 2 heterocycles.